The molecule has 0 aliphatic heterocycles. The number of nitrogen functional groups attached to an aromatic ring is 1. The molecule has 0 saturated carbocycles. The van der Waals surface area contributed by atoms with E-state index in [2.05, 4.69) is 4.90 Å². The first-order valence-corrected chi connectivity index (χ1v) is 6.63. The fourth-order valence-corrected chi connectivity index (χ4v) is 1.92. The molecule has 0 aromatic heterocycles. The molecule has 0 spiro atoms. The molecule has 0 aliphatic rings. The zero-order chi connectivity index (χ0) is 14.4. The second-order valence-corrected chi connectivity index (χ2v) is 4.71. The van der Waals surface area contributed by atoms with Crippen molar-refractivity contribution in [1.82, 2.24) is 0 Å². The number of aromatic hydroxyl groups is 1. The van der Waals surface area contributed by atoms with Gasteiger partial charge >= 0.3 is 0 Å². The molecular formula is C16H20N2O2. The van der Waals surface area contributed by atoms with Gasteiger partial charge in [-0.05, 0) is 42.8 Å². The van der Waals surface area contributed by atoms with Crippen molar-refractivity contribution in [2.24, 2.45) is 0 Å². The van der Waals surface area contributed by atoms with Crippen molar-refractivity contribution in [3.8, 4) is 11.5 Å². The van der Waals surface area contributed by atoms with Crippen LogP contribution in [0.4, 0.5) is 11.4 Å². The minimum absolute atomic E-state index is 0.285. The first-order chi connectivity index (χ1) is 9.65. The van der Waals surface area contributed by atoms with Crippen LogP contribution in [0.5, 0.6) is 11.5 Å². The molecule has 0 radical (unpaired) electrons. The summed E-state index contributed by atoms with van der Waals surface area (Å²) < 4.78 is 5.64. The highest BCUT2D eigenvalue weighted by Gasteiger charge is 2.01. The third kappa shape index (κ3) is 4.09. The highest BCUT2D eigenvalue weighted by molar-refractivity contribution is 5.49. The lowest BCUT2D eigenvalue weighted by molar-refractivity contribution is 0.312. The second kappa shape index (κ2) is 6.70. The quantitative estimate of drug-likeness (QED) is 0.627. The Bertz CT molecular complexity index is 540. The van der Waals surface area contributed by atoms with Gasteiger partial charge in [0.2, 0.25) is 0 Å². The molecule has 0 fully saturated rings. The number of phenols is 1. The minimum Gasteiger partial charge on any atom is -0.508 e. The maximum atomic E-state index is 9.44. The average Bonchev–Trinajstić information content (AvgIpc) is 2.45. The molecule has 3 N–H and O–H groups in total. The van der Waals surface area contributed by atoms with Gasteiger partial charge in [0.15, 0.2) is 0 Å². The molecule has 4 heteroatoms. The lowest BCUT2D eigenvalue weighted by atomic mass is 10.2. The van der Waals surface area contributed by atoms with Gasteiger partial charge in [0.05, 0.1) is 6.61 Å². The van der Waals surface area contributed by atoms with Crippen LogP contribution in [0.15, 0.2) is 48.5 Å². The molecule has 0 saturated heterocycles. The SMILES string of the molecule is CN(CCCOc1ccc(N)cc1)c1cccc(O)c1. The Balaban J connectivity index is 1.74. The van der Waals surface area contributed by atoms with E-state index >= 15 is 0 Å². The van der Waals surface area contributed by atoms with Gasteiger partial charge in [-0.25, -0.2) is 0 Å². The Morgan fingerprint density at radius 2 is 1.90 bits per heavy atom. The van der Waals surface area contributed by atoms with Crippen LogP contribution in [0, 0.1) is 0 Å². The molecule has 0 amide bonds. The Kier molecular flexibility index (Phi) is 4.71. The number of ether oxygens (including phenoxy) is 1. The Hall–Kier alpha value is -2.36. The molecule has 106 valence electrons. The number of phenolic OH excluding ortho intramolecular Hbond substituents is 1. The minimum atomic E-state index is 0.285. The average molecular weight is 272 g/mol. The van der Waals surface area contributed by atoms with Crippen molar-refractivity contribution >= 4 is 11.4 Å². The van der Waals surface area contributed by atoms with Crippen molar-refractivity contribution < 1.29 is 9.84 Å². The van der Waals surface area contributed by atoms with E-state index in [-0.39, 0.29) is 5.75 Å². The second-order valence-electron chi connectivity index (χ2n) is 4.71. The summed E-state index contributed by atoms with van der Waals surface area (Å²) in [6.07, 6.45) is 0.899. The number of hydrogen-bond acceptors (Lipinski definition) is 4. The van der Waals surface area contributed by atoms with Crippen LogP contribution in [-0.4, -0.2) is 25.3 Å². The Morgan fingerprint density at radius 1 is 1.15 bits per heavy atom. The summed E-state index contributed by atoms with van der Waals surface area (Å²) in [5.74, 6) is 1.12. The maximum Gasteiger partial charge on any atom is 0.119 e. The number of anilines is 2. The zero-order valence-corrected chi connectivity index (χ0v) is 11.6. The van der Waals surface area contributed by atoms with Gasteiger partial charge in [0.1, 0.15) is 11.5 Å². The molecule has 0 aliphatic carbocycles. The summed E-state index contributed by atoms with van der Waals surface area (Å²) >= 11 is 0. The molecule has 2 rings (SSSR count). The van der Waals surface area contributed by atoms with Crippen LogP contribution in [0.2, 0.25) is 0 Å². The first-order valence-electron chi connectivity index (χ1n) is 6.63. The van der Waals surface area contributed by atoms with Gasteiger partial charge in [-0.15, -0.1) is 0 Å². The van der Waals surface area contributed by atoms with Gasteiger partial charge in [-0.1, -0.05) is 6.07 Å². The van der Waals surface area contributed by atoms with E-state index in [4.69, 9.17) is 10.5 Å². The van der Waals surface area contributed by atoms with E-state index in [1.807, 2.05) is 43.4 Å². The molecule has 2 aromatic rings. The van der Waals surface area contributed by atoms with Crippen LogP contribution < -0.4 is 15.4 Å². The van der Waals surface area contributed by atoms with E-state index in [1.165, 1.54) is 0 Å². The summed E-state index contributed by atoms with van der Waals surface area (Å²) in [4.78, 5) is 2.09. The summed E-state index contributed by atoms with van der Waals surface area (Å²) in [7, 11) is 2.00. The Labute approximate surface area is 119 Å². The van der Waals surface area contributed by atoms with Crippen LogP contribution in [0.1, 0.15) is 6.42 Å². The lowest BCUT2D eigenvalue weighted by Crippen LogP contribution is -2.20. The van der Waals surface area contributed by atoms with Crippen LogP contribution in [0.25, 0.3) is 0 Å². The summed E-state index contributed by atoms with van der Waals surface area (Å²) in [6.45, 7) is 1.51. The van der Waals surface area contributed by atoms with Crippen LogP contribution in [-0.2, 0) is 0 Å². The number of nitrogens with zero attached hydrogens (tertiary/aromatic N) is 1. The highest BCUT2D eigenvalue weighted by atomic mass is 16.5. The molecular weight excluding hydrogens is 252 g/mol. The predicted molar refractivity (Wildman–Crippen MR) is 82.3 cm³/mol. The molecule has 20 heavy (non-hydrogen) atoms. The van der Waals surface area contributed by atoms with Crippen molar-refractivity contribution in [3.63, 3.8) is 0 Å². The largest absolute Gasteiger partial charge is 0.508 e. The third-order valence-electron chi connectivity index (χ3n) is 3.06. The van der Waals surface area contributed by atoms with E-state index < -0.39 is 0 Å². The third-order valence-corrected chi connectivity index (χ3v) is 3.06. The molecule has 0 unspecified atom stereocenters. The van der Waals surface area contributed by atoms with E-state index in [0.717, 1.165) is 30.1 Å². The Morgan fingerprint density at radius 3 is 2.60 bits per heavy atom. The lowest BCUT2D eigenvalue weighted by Gasteiger charge is -2.19. The number of benzene rings is 2. The fraction of sp³-hybridized carbons (Fsp3) is 0.250. The van der Waals surface area contributed by atoms with Crippen molar-refractivity contribution in [3.05, 3.63) is 48.5 Å². The van der Waals surface area contributed by atoms with E-state index in [9.17, 15) is 5.11 Å². The van der Waals surface area contributed by atoms with Gasteiger partial charge in [-0.2, -0.15) is 0 Å². The molecule has 2 aromatic carbocycles. The monoisotopic (exact) mass is 272 g/mol. The van der Waals surface area contributed by atoms with Crippen molar-refractivity contribution in [2.45, 2.75) is 6.42 Å². The molecule has 4 nitrogen and oxygen atoms in total. The number of nitrogens with two attached hydrogens (primary N) is 1. The molecule has 0 heterocycles. The van der Waals surface area contributed by atoms with Crippen molar-refractivity contribution in [2.75, 3.05) is 30.8 Å². The molecule has 0 bridgehead atoms. The first kappa shape index (κ1) is 14.1. The summed E-state index contributed by atoms with van der Waals surface area (Å²) in [6, 6.07) is 14.6. The number of rotatable bonds is 6. The van der Waals surface area contributed by atoms with Crippen LogP contribution in [0.3, 0.4) is 0 Å². The standard InChI is InChI=1S/C16H20N2O2/c1-18(14-4-2-5-15(19)12-14)10-3-11-20-16-8-6-13(17)7-9-16/h2,4-9,12,19H,3,10-11,17H2,1H3. The number of hydrogen-bond donors (Lipinski definition) is 2. The normalized spacial score (nSPS) is 10.2. The van der Waals surface area contributed by atoms with Crippen molar-refractivity contribution in [1.29, 1.82) is 0 Å². The predicted octanol–water partition coefficient (Wildman–Crippen LogP) is 2.88. The molecule has 0 atom stereocenters. The topological polar surface area (TPSA) is 58.7 Å². The van der Waals surface area contributed by atoms with Gasteiger partial charge < -0.3 is 20.5 Å². The van der Waals surface area contributed by atoms with Gasteiger partial charge in [0, 0.05) is 31.0 Å². The van der Waals surface area contributed by atoms with E-state index in [0.29, 0.717) is 6.61 Å². The zero-order valence-electron chi connectivity index (χ0n) is 11.6. The summed E-state index contributed by atoms with van der Waals surface area (Å²) in [5.41, 5.74) is 7.35. The summed E-state index contributed by atoms with van der Waals surface area (Å²) in [5, 5.41) is 9.44. The smallest absolute Gasteiger partial charge is 0.119 e. The van der Waals surface area contributed by atoms with E-state index in [1.54, 1.807) is 12.1 Å². The maximum absolute atomic E-state index is 9.44. The van der Waals surface area contributed by atoms with Crippen LogP contribution >= 0.6 is 0 Å². The van der Waals surface area contributed by atoms with Gasteiger partial charge in [-0.3, -0.25) is 0 Å². The fourth-order valence-electron chi connectivity index (χ4n) is 1.92. The highest BCUT2D eigenvalue weighted by Crippen LogP contribution is 2.19. The van der Waals surface area contributed by atoms with Gasteiger partial charge in [0.25, 0.3) is 0 Å².